The Balaban J connectivity index is 2.09. The molecule has 2 N–H and O–H groups in total. The fourth-order valence-corrected chi connectivity index (χ4v) is 1.92. The largest absolute Gasteiger partial charge is 0.467 e. The van der Waals surface area contributed by atoms with Crippen molar-refractivity contribution in [2.45, 2.75) is 25.5 Å². The van der Waals surface area contributed by atoms with Crippen LogP contribution in [0, 0.1) is 0 Å². The number of hydrogen-bond acceptors (Lipinski definition) is 3. The van der Waals surface area contributed by atoms with Gasteiger partial charge in [-0.3, -0.25) is 0 Å². The molecule has 96 valence electrons. The molecule has 1 heterocycles. The predicted octanol–water partition coefficient (Wildman–Crippen LogP) is 2.73. The van der Waals surface area contributed by atoms with E-state index in [1.54, 1.807) is 13.2 Å². The normalized spacial score (nSPS) is 14.3. The summed E-state index contributed by atoms with van der Waals surface area (Å²) < 4.78 is 5.48. The van der Waals surface area contributed by atoms with E-state index in [4.69, 9.17) is 4.42 Å². The third kappa shape index (κ3) is 3.45. The van der Waals surface area contributed by atoms with Gasteiger partial charge in [0.25, 0.3) is 0 Å². The molecule has 2 unspecified atom stereocenters. The fourth-order valence-electron chi connectivity index (χ4n) is 1.92. The molecule has 2 aromatic rings. The van der Waals surface area contributed by atoms with E-state index in [1.807, 2.05) is 30.3 Å². The molecule has 0 fully saturated rings. The van der Waals surface area contributed by atoms with Crippen LogP contribution < -0.4 is 5.32 Å². The lowest BCUT2D eigenvalue weighted by atomic mass is 10.0. The van der Waals surface area contributed by atoms with Crippen molar-refractivity contribution in [3.63, 3.8) is 0 Å². The summed E-state index contributed by atoms with van der Waals surface area (Å²) >= 11 is 0. The zero-order chi connectivity index (χ0) is 12.8. The van der Waals surface area contributed by atoms with Gasteiger partial charge in [0, 0.05) is 0 Å². The maximum Gasteiger partial charge on any atom is 0.125 e. The Labute approximate surface area is 107 Å². The molecule has 1 aromatic heterocycles. The molecule has 0 aliphatic heterocycles. The van der Waals surface area contributed by atoms with Crippen molar-refractivity contribution >= 4 is 0 Å². The highest BCUT2D eigenvalue weighted by Crippen LogP contribution is 2.22. The standard InChI is InChI=1S/C15H19NO2/c1-12(17)9-10-16-15(14-8-5-11-18-14)13-6-3-2-4-7-13/h2-8,11-12,15-17H,9-10H2,1H3. The third-order valence-corrected chi connectivity index (χ3v) is 2.87. The Morgan fingerprint density at radius 2 is 1.94 bits per heavy atom. The van der Waals surface area contributed by atoms with Crippen LogP contribution in [0.15, 0.2) is 53.1 Å². The fraction of sp³-hybridized carbons (Fsp3) is 0.333. The first-order valence-corrected chi connectivity index (χ1v) is 6.27. The zero-order valence-corrected chi connectivity index (χ0v) is 10.5. The summed E-state index contributed by atoms with van der Waals surface area (Å²) in [5.74, 6) is 0.895. The second-order valence-electron chi connectivity index (χ2n) is 4.45. The predicted molar refractivity (Wildman–Crippen MR) is 71.3 cm³/mol. The van der Waals surface area contributed by atoms with E-state index < -0.39 is 0 Å². The number of nitrogens with one attached hydrogen (secondary N) is 1. The molecule has 0 spiro atoms. The Morgan fingerprint density at radius 3 is 2.56 bits per heavy atom. The van der Waals surface area contributed by atoms with Gasteiger partial charge in [-0.05, 0) is 37.6 Å². The summed E-state index contributed by atoms with van der Waals surface area (Å²) in [5, 5.41) is 12.7. The van der Waals surface area contributed by atoms with Gasteiger partial charge in [0.15, 0.2) is 0 Å². The van der Waals surface area contributed by atoms with E-state index in [1.165, 1.54) is 0 Å². The van der Waals surface area contributed by atoms with Crippen molar-refractivity contribution in [3.05, 3.63) is 60.1 Å². The minimum absolute atomic E-state index is 0.0416. The highest BCUT2D eigenvalue weighted by molar-refractivity contribution is 5.26. The molecule has 1 aromatic carbocycles. The van der Waals surface area contributed by atoms with Crippen molar-refractivity contribution in [1.82, 2.24) is 5.32 Å². The monoisotopic (exact) mass is 245 g/mol. The second kappa shape index (κ2) is 6.38. The Kier molecular flexibility index (Phi) is 4.56. The molecule has 0 aliphatic carbocycles. The van der Waals surface area contributed by atoms with Gasteiger partial charge >= 0.3 is 0 Å². The third-order valence-electron chi connectivity index (χ3n) is 2.87. The van der Waals surface area contributed by atoms with Crippen LogP contribution in [0.1, 0.15) is 30.7 Å². The molecule has 0 saturated carbocycles. The lowest BCUT2D eigenvalue weighted by Gasteiger charge is -2.17. The van der Waals surface area contributed by atoms with Crippen LogP contribution in [0.3, 0.4) is 0 Å². The average molecular weight is 245 g/mol. The SMILES string of the molecule is CC(O)CCNC(c1ccccc1)c1ccco1. The molecule has 0 radical (unpaired) electrons. The topological polar surface area (TPSA) is 45.4 Å². The minimum atomic E-state index is -0.287. The van der Waals surface area contributed by atoms with Crippen molar-refractivity contribution in [3.8, 4) is 0 Å². The molecule has 3 heteroatoms. The minimum Gasteiger partial charge on any atom is -0.467 e. The zero-order valence-electron chi connectivity index (χ0n) is 10.5. The van der Waals surface area contributed by atoms with Crippen LogP contribution in [-0.4, -0.2) is 17.8 Å². The lowest BCUT2D eigenvalue weighted by molar-refractivity contribution is 0.182. The quantitative estimate of drug-likeness (QED) is 0.822. The smallest absolute Gasteiger partial charge is 0.125 e. The van der Waals surface area contributed by atoms with Gasteiger partial charge < -0.3 is 14.8 Å². The van der Waals surface area contributed by atoms with Crippen LogP contribution in [0.25, 0.3) is 0 Å². The van der Waals surface area contributed by atoms with Crippen molar-refractivity contribution < 1.29 is 9.52 Å². The highest BCUT2D eigenvalue weighted by atomic mass is 16.3. The maximum atomic E-state index is 9.30. The van der Waals surface area contributed by atoms with Gasteiger partial charge in [-0.15, -0.1) is 0 Å². The Hall–Kier alpha value is -1.58. The summed E-state index contributed by atoms with van der Waals surface area (Å²) in [7, 11) is 0. The molecule has 0 bridgehead atoms. The molecule has 0 aliphatic rings. The molecule has 2 atom stereocenters. The summed E-state index contributed by atoms with van der Waals surface area (Å²) in [6, 6.07) is 14.1. The van der Waals surface area contributed by atoms with Crippen molar-refractivity contribution in [2.24, 2.45) is 0 Å². The second-order valence-corrected chi connectivity index (χ2v) is 4.45. The molecular formula is C15H19NO2. The molecule has 2 rings (SSSR count). The van der Waals surface area contributed by atoms with Crippen LogP contribution in [0.5, 0.6) is 0 Å². The van der Waals surface area contributed by atoms with Gasteiger partial charge in [-0.25, -0.2) is 0 Å². The number of furan rings is 1. The summed E-state index contributed by atoms with van der Waals surface area (Å²) in [6.07, 6.45) is 2.12. The number of hydrogen-bond donors (Lipinski definition) is 2. The highest BCUT2D eigenvalue weighted by Gasteiger charge is 2.15. The summed E-state index contributed by atoms with van der Waals surface area (Å²) in [5.41, 5.74) is 1.16. The van der Waals surface area contributed by atoms with Crippen LogP contribution >= 0.6 is 0 Å². The Bertz CT molecular complexity index is 437. The van der Waals surface area contributed by atoms with Gasteiger partial charge in [0.05, 0.1) is 18.4 Å². The van der Waals surface area contributed by atoms with E-state index in [2.05, 4.69) is 17.4 Å². The van der Waals surface area contributed by atoms with Crippen LogP contribution in [-0.2, 0) is 0 Å². The van der Waals surface area contributed by atoms with Crippen molar-refractivity contribution in [1.29, 1.82) is 0 Å². The first-order chi connectivity index (χ1) is 8.77. The van der Waals surface area contributed by atoms with Crippen LogP contribution in [0.2, 0.25) is 0 Å². The number of aliphatic hydroxyl groups is 1. The molecule has 3 nitrogen and oxygen atoms in total. The molecule has 0 saturated heterocycles. The number of rotatable bonds is 6. The average Bonchev–Trinajstić information content (AvgIpc) is 2.89. The van der Waals surface area contributed by atoms with E-state index in [9.17, 15) is 5.11 Å². The first-order valence-electron chi connectivity index (χ1n) is 6.27. The van der Waals surface area contributed by atoms with Gasteiger partial charge in [-0.1, -0.05) is 30.3 Å². The van der Waals surface area contributed by atoms with E-state index in [-0.39, 0.29) is 12.1 Å². The Morgan fingerprint density at radius 1 is 1.17 bits per heavy atom. The lowest BCUT2D eigenvalue weighted by Crippen LogP contribution is -2.25. The van der Waals surface area contributed by atoms with Crippen LogP contribution in [0.4, 0.5) is 0 Å². The summed E-state index contributed by atoms with van der Waals surface area (Å²) in [4.78, 5) is 0. The molecular weight excluding hydrogens is 226 g/mol. The van der Waals surface area contributed by atoms with Crippen molar-refractivity contribution in [2.75, 3.05) is 6.54 Å². The molecule has 18 heavy (non-hydrogen) atoms. The first kappa shape index (κ1) is 12.9. The van der Waals surface area contributed by atoms with Gasteiger partial charge in [0.1, 0.15) is 5.76 Å². The van der Waals surface area contributed by atoms with E-state index >= 15 is 0 Å². The van der Waals surface area contributed by atoms with E-state index in [0.29, 0.717) is 0 Å². The van der Waals surface area contributed by atoms with Gasteiger partial charge in [0.2, 0.25) is 0 Å². The van der Waals surface area contributed by atoms with E-state index in [0.717, 1.165) is 24.3 Å². The maximum absolute atomic E-state index is 9.30. The number of benzene rings is 1. The molecule has 0 amide bonds. The van der Waals surface area contributed by atoms with Gasteiger partial charge in [-0.2, -0.15) is 0 Å². The summed E-state index contributed by atoms with van der Waals surface area (Å²) in [6.45, 7) is 2.55. The number of aliphatic hydroxyl groups excluding tert-OH is 1.